The molecule has 3 aromatic rings. The van der Waals surface area contributed by atoms with Crippen molar-refractivity contribution in [3.8, 4) is 5.69 Å². The third kappa shape index (κ3) is 3.93. The summed E-state index contributed by atoms with van der Waals surface area (Å²) < 4.78 is 25.8. The van der Waals surface area contributed by atoms with Crippen molar-refractivity contribution in [2.45, 2.75) is 30.8 Å². The van der Waals surface area contributed by atoms with Crippen molar-refractivity contribution in [2.24, 2.45) is 0 Å². The van der Waals surface area contributed by atoms with Crippen LogP contribution in [0.25, 0.3) is 5.69 Å². The first-order valence-corrected chi connectivity index (χ1v) is 11.5. The van der Waals surface area contributed by atoms with Gasteiger partial charge in [0.05, 0.1) is 28.8 Å². The van der Waals surface area contributed by atoms with Crippen LogP contribution in [0.3, 0.4) is 0 Å². The number of hydrogen-bond donors (Lipinski definition) is 1. The van der Waals surface area contributed by atoms with Gasteiger partial charge in [0.15, 0.2) is 9.84 Å². The van der Waals surface area contributed by atoms with E-state index >= 15 is 0 Å². The fourth-order valence-corrected chi connectivity index (χ4v) is 5.22. The predicted octanol–water partition coefficient (Wildman–Crippen LogP) is 4.09. The molecule has 0 fully saturated rings. The fourth-order valence-electron chi connectivity index (χ4n) is 3.60. The highest BCUT2D eigenvalue weighted by molar-refractivity contribution is 7.90. The highest BCUT2D eigenvalue weighted by Gasteiger charge is 2.34. The molecule has 8 heteroatoms. The summed E-state index contributed by atoms with van der Waals surface area (Å²) in [4.78, 5) is 13.1. The van der Waals surface area contributed by atoms with E-state index in [1.54, 1.807) is 28.9 Å². The highest BCUT2D eigenvalue weighted by Crippen LogP contribution is 2.34. The van der Waals surface area contributed by atoms with Crippen molar-refractivity contribution < 1.29 is 13.2 Å². The van der Waals surface area contributed by atoms with Gasteiger partial charge in [0.25, 0.3) is 0 Å². The van der Waals surface area contributed by atoms with Crippen molar-refractivity contribution in [1.82, 2.24) is 9.78 Å². The monoisotopic (exact) mass is 429 g/mol. The molecule has 1 N–H and O–H groups in total. The summed E-state index contributed by atoms with van der Waals surface area (Å²) in [5, 5.41) is 8.01. The Kier molecular flexibility index (Phi) is 5.19. The molecular weight excluding hydrogens is 410 g/mol. The second-order valence-corrected chi connectivity index (χ2v) is 9.56. The number of nitrogens with one attached hydrogen (secondary N) is 1. The number of carbonyl (C=O) groups excluding carboxylic acids is 1. The zero-order valence-electron chi connectivity index (χ0n) is 15.8. The molecule has 4 rings (SSSR count). The Morgan fingerprint density at radius 2 is 1.83 bits per heavy atom. The van der Waals surface area contributed by atoms with Crippen LogP contribution in [0.15, 0.2) is 54.6 Å². The first-order chi connectivity index (χ1) is 13.9. The maximum Gasteiger partial charge on any atom is 0.233 e. The van der Waals surface area contributed by atoms with Gasteiger partial charge in [-0.05, 0) is 36.2 Å². The van der Waals surface area contributed by atoms with Gasteiger partial charge in [-0.25, -0.2) is 13.1 Å². The summed E-state index contributed by atoms with van der Waals surface area (Å²) in [5.74, 6) is -0.392. The first kappa shape index (κ1) is 19.7. The van der Waals surface area contributed by atoms with E-state index in [0.29, 0.717) is 34.2 Å². The van der Waals surface area contributed by atoms with Crippen molar-refractivity contribution >= 4 is 33.2 Å². The van der Waals surface area contributed by atoms with Gasteiger partial charge in [0.1, 0.15) is 5.82 Å². The van der Waals surface area contributed by atoms with Gasteiger partial charge in [-0.15, -0.1) is 0 Å². The van der Waals surface area contributed by atoms with Crippen molar-refractivity contribution in [3.63, 3.8) is 0 Å². The molecule has 0 saturated heterocycles. The lowest BCUT2D eigenvalue weighted by atomic mass is 9.95. The van der Waals surface area contributed by atoms with Gasteiger partial charge >= 0.3 is 0 Å². The van der Waals surface area contributed by atoms with Crippen LogP contribution in [0.5, 0.6) is 0 Å². The third-order valence-corrected chi connectivity index (χ3v) is 6.72. The van der Waals surface area contributed by atoms with Crippen molar-refractivity contribution in [3.05, 3.63) is 76.4 Å². The summed E-state index contributed by atoms with van der Waals surface area (Å²) in [7, 11) is -3.25. The summed E-state index contributed by atoms with van der Waals surface area (Å²) in [6, 6.07) is 16.5. The molecular formula is C21H20ClN3O3S. The standard InChI is InChI=1S/C21H20ClN3O3S/c1-2-17(14-6-4-3-5-7-14)21(26)23-20-18-12-29(27,28)13-19(18)24-25(20)16-10-8-15(22)9-11-16/h3-11,17H,2,12-13H2,1H3,(H,23,26)/t17-/m0/s1. The van der Waals surface area contributed by atoms with E-state index in [4.69, 9.17) is 11.6 Å². The Morgan fingerprint density at radius 3 is 2.48 bits per heavy atom. The van der Waals surface area contributed by atoms with Gasteiger partial charge in [-0.1, -0.05) is 48.9 Å². The number of amides is 1. The van der Waals surface area contributed by atoms with E-state index in [1.807, 2.05) is 37.3 Å². The lowest BCUT2D eigenvalue weighted by Crippen LogP contribution is -2.23. The van der Waals surface area contributed by atoms with E-state index in [0.717, 1.165) is 5.56 Å². The summed E-state index contributed by atoms with van der Waals surface area (Å²) >= 11 is 5.99. The molecule has 1 aliphatic rings. The molecule has 1 atom stereocenters. The molecule has 0 bridgehead atoms. The van der Waals surface area contributed by atoms with E-state index in [-0.39, 0.29) is 23.3 Å². The fraction of sp³-hybridized carbons (Fsp3) is 0.238. The zero-order chi connectivity index (χ0) is 20.6. The maximum absolute atomic E-state index is 13.1. The quantitative estimate of drug-likeness (QED) is 0.662. The lowest BCUT2D eigenvalue weighted by molar-refractivity contribution is -0.117. The van der Waals surface area contributed by atoms with Crippen LogP contribution in [-0.2, 0) is 26.1 Å². The number of aromatic nitrogens is 2. The van der Waals surface area contributed by atoms with E-state index in [2.05, 4.69) is 10.4 Å². The zero-order valence-corrected chi connectivity index (χ0v) is 17.4. The van der Waals surface area contributed by atoms with Crippen LogP contribution in [0.4, 0.5) is 5.82 Å². The van der Waals surface area contributed by atoms with E-state index in [1.165, 1.54) is 0 Å². The van der Waals surface area contributed by atoms with E-state index < -0.39 is 9.84 Å². The molecule has 1 amide bonds. The lowest BCUT2D eigenvalue weighted by Gasteiger charge is -2.17. The van der Waals surface area contributed by atoms with Crippen molar-refractivity contribution in [2.75, 3.05) is 5.32 Å². The number of halogens is 1. The number of anilines is 1. The van der Waals surface area contributed by atoms with Gasteiger partial charge in [-0.2, -0.15) is 5.10 Å². The molecule has 1 aromatic heterocycles. The maximum atomic E-state index is 13.1. The molecule has 0 unspecified atom stereocenters. The molecule has 150 valence electrons. The number of fused-ring (bicyclic) bond motifs is 1. The summed E-state index contributed by atoms with van der Waals surface area (Å²) in [6.45, 7) is 1.95. The Bertz CT molecular complexity index is 1160. The Hall–Kier alpha value is -2.64. The highest BCUT2D eigenvalue weighted by atomic mass is 35.5. The SMILES string of the molecule is CC[C@H](C(=O)Nc1c2c(nn1-c1ccc(Cl)cc1)CS(=O)(=O)C2)c1ccccc1. The van der Waals surface area contributed by atoms with Gasteiger partial charge in [-0.3, -0.25) is 4.79 Å². The van der Waals surface area contributed by atoms with Gasteiger partial charge < -0.3 is 5.32 Å². The van der Waals surface area contributed by atoms with Crippen LogP contribution < -0.4 is 5.32 Å². The molecule has 0 aliphatic carbocycles. The van der Waals surface area contributed by atoms with Crippen LogP contribution >= 0.6 is 11.6 Å². The topological polar surface area (TPSA) is 81.1 Å². The molecule has 29 heavy (non-hydrogen) atoms. The molecule has 2 heterocycles. The number of nitrogens with zero attached hydrogens (tertiary/aromatic N) is 2. The van der Waals surface area contributed by atoms with E-state index in [9.17, 15) is 13.2 Å². The van der Waals surface area contributed by atoms with Crippen LogP contribution in [0.2, 0.25) is 5.02 Å². The number of sulfone groups is 1. The van der Waals surface area contributed by atoms with Crippen LogP contribution in [0.1, 0.15) is 36.1 Å². The Morgan fingerprint density at radius 1 is 1.14 bits per heavy atom. The second kappa shape index (κ2) is 7.65. The van der Waals surface area contributed by atoms with Gasteiger partial charge in [0, 0.05) is 10.6 Å². The normalized spacial score (nSPS) is 15.7. The smallest absolute Gasteiger partial charge is 0.233 e. The Labute approximate surface area is 174 Å². The van der Waals surface area contributed by atoms with Crippen molar-refractivity contribution in [1.29, 1.82) is 0 Å². The average molecular weight is 430 g/mol. The van der Waals surface area contributed by atoms with Gasteiger partial charge in [0.2, 0.25) is 5.91 Å². The second-order valence-electron chi connectivity index (χ2n) is 7.06. The third-order valence-electron chi connectivity index (χ3n) is 5.03. The molecule has 0 saturated carbocycles. The molecule has 2 aromatic carbocycles. The summed E-state index contributed by atoms with van der Waals surface area (Å²) in [6.07, 6.45) is 0.616. The summed E-state index contributed by atoms with van der Waals surface area (Å²) in [5.41, 5.74) is 2.64. The molecule has 0 radical (unpaired) electrons. The number of hydrogen-bond acceptors (Lipinski definition) is 4. The first-order valence-electron chi connectivity index (χ1n) is 9.31. The minimum atomic E-state index is -3.25. The van der Waals surface area contributed by atoms with Crippen LogP contribution in [-0.4, -0.2) is 24.1 Å². The predicted molar refractivity (Wildman–Crippen MR) is 113 cm³/mol. The minimum Gasteiger partial charge on any atom is -0.310 e. The van der Waals surface area contributed by atoms with Crippen LogP contribution in [0, 0.1) is 0 Å². The molecule has 0 spiro atoms. The number of rotatable bonds is 5. The average Bonchev–Trinajstić information content (AvgIpc) is 3.16. The Balaban J connectivity index is 1.74. The largest absolute Gasteiger partial charge is 0.310 e. The number of benzene rings is 2. The molecule has 6 nitrogen and oxygen atoms in total. The number of carbonyl (C=O) groups is 1. The minimum absolute atomic E-state index is 0.123. The molecule has 1 aliphatic heterocycles.